The standard InChI is InChI=1S/C77H79BN4O/c1-46(2)55-22-19-23-56(47(3)4)70(55)82-66-29-18-17-28-63(66)79-73(82)60-27-21-26-59-58-25-20-24-57(71(58)83-72(59)60)48-42-67-69-68(43-48)81(54-38-32-50(33-39-54)75(8,9)10)65-41-35-52(77(14,15)16)45-62(65)78(69)61-44-51(76(11,12)13)34-40-64(61)80(67)53-36-30-49(31-37-53)74(5,6)7/h17-47H,1-16H3. The Balaban J connectivity index is 1.11. The molecule has 0 fully saturated rings. The Bertz CT molecular complexity index is 4200. The van der Waals surface area contributed by atoms with Gasteiger partial charge in [0.25, 0.3) is 6.71 Å². The van der Waals surface area contributed by atoms with Crippen LogP contribution in [0.5, 0.6) is 0 Å². The number of benzene rings is 9. The van der Waals surface area contributed by atoms with Crippen LogP contribution in [0.15, 0.2) is 180 Å². The average molecular weight is 1090 g/mol. The van der Waals surface area contributed by atoms with E-state index in [1.54, 1.807) is 0 Å². The van der Waals surface area contributed by atoms with Gasteiger partial charge in [-0.05, 0) is 156 Å². The summed E-state index contributed by atoms with van der Waals surface area (Å²) in [6.45, 7) is 37.0. The summed E-state index contributed by atoms with van der Waals surface area (Å²) in [6.07, 6.45) is 0. The van der Waals surface area contributed by atoms with E-state index in [4.69, 9.17) is 9.40 Å². The van der Waals surface area contributed by atoms with E-state index in [0.29, 0.717) is 11.8 Å². The molecule has 0 N–H and O–H groups in total. The molecular weight excluding hydrogens is 1010 g/mol. The van der Waals surface area contributed by atoms with Crippen molar-refractivity contribution in [3.8, 4) is 28.2 Å². The van der Waals surface area contributed by atoms with Crippen LogP contribution in [0, 0.1) is 0 Å². The van der Waals surface area contributed by atoms with Crippen LogP contribution in [0.25, 0.3) is 61.2 Å². The summed E-state index contributed by atoms with van der Waals surface area (Å²) >= 11 is 0. The highest BCUT2D eigenvalue weighted by Crippen LogP contribution is 2.50. The second-order valence-electron chi connectivity index (χ2n) is 28.5. The number of hydrogen-bond acceptors (Lipinski definition) is 4. The average Bonchev–Trinajstić information content (AvgIpc) is 1.49. The lowest BCUT2D eigenvalue weighted by Crippen LogP contribution is -2.61. The summed E-state index contributed by atoms with van der Waals surface area (Å²) in [5, 5.41) is 2.13. The van der Waals surface area contributed by atoms with E-state index in [1.807, 2.05) is 0 Å². The molecule has 4 heterocycles. The fourth-order valence-corrected chi connectivity index (χ4v) is 13.3. The molecule has 2 aliphatic rings. The van der Waals surface area contributed by atoms with Gasteiger partial charge in [0.2, 0.25) is 0 Å². The number of hydrogen-bond donors (Lipinski definition) is 0. The minimum Gasteiger partial charge on any atom is -0.455 e. The van der Waals surface area contributed by atoms with Crippen LogP contribution >= 0.6 is 0 Å². The quantitative estimate of drug-likeness (QED) is 0.149. The van der Waals surface area contributed by atoms with Gasteiger partial charge in [-0.1, -0.05) is 220 Å². The van der Waals surface area contributed by atoms with Crippen molar-refractivity contribution in [2.24, 2.45) is 0 Å². The molecule has 0 saturated heterocycles. The van der Waals surface area contributed by atoms with Gasteiger partial charge in [0, 0.05) is 50.5 Å². The third kappa shape index (κ3) is 8.93. The molecule has 13 rings (SSSR count). The molecule has 83 heavy (non-hydrogen) atoms. The molecule has 5 nitrogen and oxygen atoms in total. The van der Waals surface area contributed by atoms with Gasteiger partial charge in [0.1, 0.15) is 17.0 Å². The van der Waals surface area contributed by atoms with Crippen molar-refractivity contribution in [3.05, 3.63) is 209 Å². The molecule has 0 radical (unpaired) electrons. The van der Waals surface area contributed by atoms with Crippen molar-refractivity contribution in [3.63, 3.8) is 0 Å². The fraction of sp³-hybridized carbons (Fsp3) is 0.286. The van der Waals surface area contributed by atoms with E-state index in [2.05, 4.69) is 301 Å². The number of imidazole rings is 1. The maximum Gasteiger partial charge on any atom is 0.252 e. The van der Waals surface area contributed by atoms with Crippen LogP contribution in [0.1, 0.15) is 156 Å². The smallest absolute Gasteiger partial charge is 0.252 e. The first-order chi connectivity index (χ1) is 39.4. The van der Waals surface area contributed by atoms with Gasteiger partial charge in [-0.3, -0.25) is 4.57 Å². The van der Waals surface area contributed by atoms with Crippen LogP contribution in [-0.2, 0) is 21.7 Å². The Kier molecular flexibility index (Phi) is 12.6. The molecule has 0 amide bonds. The predicted octanol–water partition coefficient (Wildman–Crippen LogP) is 19.8. The first kappa shape index (κ1) is 54.2. The second-order valence-corrected chi connectivity index (χ2v) is 28.5. The van der Waals surface area contributed by atoms with E-state index < -0.39 is 0 Å². The number of para-hydroxylation sites is 5. The van der Waals surface area contributed by atoms with E-state index in [1.165, 1.54) is 66.8 Å². The van der Waals surface area contributed by atoms with Crippen molar-refractivity contribution in [2.75, 3.05) is 9.80 Å². The number of furan rings is 1. The van der Waals surface area contributed by atoms with Crippen LogP contribution in [0.4, 0.5) is 34.1 Å². The maximum atomic E-state index is 7.55. The third-order valence-corrected chi connectivity index (χ3v) is 18.0. The lowest BCUT2D eigenvalue weighted by molar-refractivity contribution is 0.590. The van der Waals surface area contributed by atoms with E-state index >= 15 is 0 Å². The highest BCUT2D eigenvalue weighted by Gasteiger charge is 2.45. The Morgan fingerprint density at radius 3 is 1.33 bits per heavy atom. The molecule has 0 saturated carbocycles. The molecule has 9 aromatic carbocycles. The zero-order chi connectivity index (χ0) is 58.4. The van der Waals surface area contributed by atoms with Crippen LogP contribution in [0.3, 0.4) is 0 Å². The number of nitrogens with zero attached hydrogens (tertiary/aromatic N) is 4. The molecular formula is C77H79BN4O. The Labute approximate surface area is 493 Å². The maximum absolute atomic E-state index is 7.55. The Morgan fingerprint density at radius 1 is 0.422 bits per heavy atom. The van der Waals surface area contributed by atoms with E-state index in [0.717, 1.165) is 78.2 Å². The summed E-state index contributed by atoms with van der Waals surface area (Å²) in [4.78, 5) is 10.7. The summed E-state index contributed by atoms with van der Waals surface area (Å²) in [5.74, 6) is 1.46. The topological polar surface area (TPSA) is 37.4 Å². The molecule has 0 spiro atoms. The van der Waals surface area contributed by atoms with Gasteiger partial charge in [0.05, 0.1) is 22.3 Å². The summed E-state index contributed by atoms with van der Waals surface area (Å²) in [7, 11) is 0. The second kappa shape index (κ2) is 19.2. The summed E-state index contributed by atoms with van der Waals surface area (Å²) in [6, 6.07) is 67.0. The fourth-order valence-electron chi connectivity index (χ4n) is 13.3. The van der Waals surface area contributed by atoms with E-state index in [9.17, 15) is 0 Å². The molecule has 11 aromatic rings. The van der Waals surface area contributed by atoms with Gasteiger partial charge in [-0.25, -0.2) is 4.98 Å². The minimum absolute atomic E-state index is 0.00497. The molecule has 0 unspecified atom stereocenters. The molecule has 0 bridgehead atoms. The predicted molar refractivity (Wildman–Crippen MR) is 356 cm³/mol. The van der Waals surface area contributed by atoms with Crippen LogP contribution < -0.4 is 26.2 Å². The van der Waals surface area contributed by atoms with Gasteiger partial charge in [-0.15, -0.1) is 0 Å². The highest BCUT2D eigenvalue weighted by molar-refractivity contribution is 7.00. The SMILES string of the molecule is CC(C)c1cccc(C(C)C)c1-n1c(-c2cccc3c2oc2c(-c4cc5c6c(c4)N(c4ccc(C(C)(C)C)cc4)c4ccc(C(C)(C)C)cc4B6c4cc(C(C)(C)C)ccc4N5c4ccc(C(C)(C)C)cc4)cccc23)nc2ccccc21. The molecule has 0 aliphatic carbocycles. The summed E-state index contributed by atoms with van der Waals surface area (Å²) < 4.78 is 9.97. The molecule has 416 valence electrons. The number of rotatable bonds is 7. The van der Waals surface area contributed by atoms with Crippen LogP contribution in [-0.4, -0.2) is 16.3 Å². The Morgan fingerprint density at radius 2 is 0.855 bits per heavy atom. The molecule has 2 aliphatic heterocycles. The molecule has 6 heteroatoms. The van der Waals surface area contributed by atoms with Crippen molar-refractivity contribution in [2.45, 2.75) is 144 Å². The van der Waals surface area contributed by atoms with Crippen molar-refractivity contribution >= 4 is 90.2 Å². The third-order valence-electron chi connectivity index (χ3n) is 18.0. The van der Waals surface area contributed by atoms with Crippen molar-refractivity contribution < 1.29 is 4.42 Å². The molecule has 0 atom stereocenters. The van der Waals surface area contributed by atoms with Crippen molar-refractivity contribution in [1.29, 1.82) is 0 Å². The van der Waals surface area contributed by atoms with Gasteiger partial charge >= 0.3 is 0 Å². The Hall–Kier alpha value is -8.09. The zero-order valence-corrected chi connectivity index (χ0v) is 51.7. The molecule has 2 aromatic heterocycles. The van der Waals surface area contributed by atoms with Gasteiger partial charge in [-0.2, -0.15) is 0 Å². The summed E-state index contributed by atoms with van der Waals surface area (Å²) in [5.41, 5.74) is 26.6. The van der Waals surface area contributed by atoms with Crippen LogP contribution in [0.2, 0.25) is 0 Å². The largest absolute Gasteiger partial charge is 0.455 e. The van der Waals surface area contributed by atoms with Gasteiger partial charge in [0.15, 0.2) is 0 Å². The number of anilines is 6. The number of fused-ring (bicyclic) bond motifs is 8. The highest BCUT2D eigenvalue weighted by atomic mass is 16.3. The lowest BCUT2D eigenvalue weighted by atomic mass is 9.33. The minimum atomic E-state index is -0.0693. The zero-order valence-electron chi connectivity index (χ0n) is 51.7. The van der Waals surface area contributed by atoms with Gasteiger partial charge < -0.3 is 14.2 Å². The van der Waals surface area contributed by atoms with Crippen molar-refractivity contribution in [1.82, 2.24) is 9.55 Å². The number of aromatic nitrogens is 2. The monoisotopic (exact) mass is 1090 g/mol. The van der Waals surface area contributed by atoms with E-state index in [-0.39, 0.29) is 28.4 Å². The first-order valence-corrected chi connectivity index (χ1v) is 30.2. The lowest BCUT2D eigenvalue weighted by Gasteiger charge is -2.45. The first-order valence-electron chi connectivity index (χ1n) is 30.2. The normalized spacial score (nSPS) is 13.7.